The predicted octanol–water partition coefficient (Wildman–Crippen LogP) is 3.33. The summed E-state index contributed by atoms with van der Waals surface area (Å²) >= 11 is 0. The van der Waals surface area contributed by atoms with E-state index in [1.807, 2.05) is 13.0 Å². The summed E-state index contributed by atoms with van der Waals surface area (Å²) in [6.07, 6.45) is 0. The quantitative estimate of drug-likeness (QED) is 0.467. The Morgan fingerprint density at radius 3 is 2.41 bits per heavy atom. The van der Waals surface area contributed by atoms with E-state index in [0.717, 1.165) is 11.3 Å². The van der Waals surface area contributed by atoms with Crippen LogP contribution in [0.3, 0.4) is 0 Å². The van der Waals surface area contributed by atoms with Crippen molar-refractivity contribution in [3.8, 4) is 5.69 Å². The summed E-state index contributed by atoms with van der Waals surface area (Å²) in [5.74, 6) is 0.240. The van der Waals surface area contributed by atoms with Crippen LogP contribution >= 0.6 is 0 Å². The number of sulfonamides is 1. The summed E-state index contributed by atoms with van der Waals surface area (Å²) in [5.41, 5.74) is 2.83. The molecule has 1 aromatic heterocycles. The van der Waals surface area contributed by atoms with Crippen LogP contribution in [0.4, 0.5) is 11.4 Å². The Bertz CT molecular complexity index is 1380. The van der Waals surface area contributed by atoms with E-state index in [4.69, 9.17) is 0 Å². The van der Waals surface area contributed by atoms with E-state index in [-0.39, 0.29) is 16.5 Å². The molecule has 0 bridgehead atoms. The molecule has 162 valence electrons. The van der Waals surface area contributed by atoms with Gasteiger partial charge < -0.3 is 5.32 Å². The molecule has 0 aliphatic heterocycles. The third-order valence-electron chi connectivity index (χ3n) is 4.75. The van der Waals surface area contributed by atoms with Gasteiger partial charge in [-0.25, -0.2) is 8.42 Å². The van der Waals surface area contributed by atoms with Crippen LogP contribution in [-0.2, 0) is 10.0 Å². The first-order valence-electron chi connectivity index (χ1n) is 9.69. The lowest BCUT2D eigenvalue weighted by atomic mass is 10.1. The lowest BCUT2D eigenvalue weighted by Gasteiger charge is -2.12. The van der Waals surface area contributed by atoms with E-state index < -0.39 is 10.0 Å². The number of benzene rings is 3. The van der Waals surface area contributed by atoms with Crippen molar-refractivity contribution in [2.75, 3.05) is 10.0 Å². The summed E-state index contributed by atoms with van der Waals surface area (Å²) < 4.78 is 29.2. The molecule has 0 aliphatic carbocycles. The monoisotopic (exact) mass is 448 g/mol. The summed E-state index contributed by atoms with van der Waals surface area (Å²) in [4.78, 5) is 13.0. The van der Waals surface area contributed by atoms with Gasteiger partial charge in [-0.2, -0.15) is 4.68 Å². The van der Waals surface area contributed by atoms with Crippen molar-refractivity contribution < 1.29 is 13.2 Å². The Balaban J connectivity index is 1.55. The summed E-state index contributed by atoms with van der Waals surface area (Å²) in [5, 5.41) is 14.4. The lowest BCUT2D eigenvalue weighted by molar-refractivity contribution is 0.102. The second kappa shape index (κ2) is 8.60. The minimum absolute atomic E-state index is 0.139. The fourth-order valence-corrected chi connectivity index (χ4v) is 4.18. The van der Waals surface area contributed by atoms with Gasteiger partial charge in [0.15, 0.2) is 5.82 Å². The second-order valence-electron chi connectivity index (χ2n) is 7.09. The van der Waals surface area contributed by atoms with Gasteiger partial charge in [-0.15, -0.1) is 5.10 Å². The van der Waals surface area contributed by atoms with Gasteiger partial charge in [-0.05, 0) is 72.3 Å². The Hall–Kier alpha value is -4.05. The van der Waals surface area contributed by atoms with Gasteiger partial charge in [0.1, 0.15) is 0 Å². The van der Waals surface area contributed by atoms with Crippen LogP contribution in [0.2, 0.25) is 0 Å². The Morgan fingerprint density at radius 1 is 0.906 bits per heavy atom. The van der Waals surface area contributed by atoms with Crippen molar-refractivity contribution in [2.24, 2.45) is 0 Å². The zero-order valence-electron chi connectivity index (χ0n) is 17.4. The lowest BCUT2D eigenvalue weighted by Crippen LogP contribution is -2.15. The van der Waals surface area contributed by atoms with Crippen molar-refractivity contribution in [3.05, 3.63) is 89.7 Å². The largest absolute Gasteiger partial charge is 0.322 e. The Kier molecular flexibility index (Phi) is 5.69. The molecular formula is C22H20N6O3S. The standard InChI is InChI=1S/C22H20N6O3S/c1-15-11-12-18(14-21(15)28-16(2)24-26-27-28)23-22(29)17-7-6-8-19(13-17)25-32(30,31)20-9-4-3-5-10-20/h3-14,25H,1-2H3,(H,23,29). The molecule has 10 heteroatoms. The van der Waals surface area contributed by atoms with Crippen LogP contribution in [0.1, 0.15) is 21.7 Å². The van der Waals surface area contributed by atoms with Gasteiger partial charge in [0.25, 0.3) is 15.9 Å². The molecule has 0 saturated heterocycles. The number of carbonyl (C=O) groups excluding carboxylic acids is 1. The number of hydrogen-bond acceptors (Lipinski definition) is 6. The zero-order valence-corrected chi connectivity index (χ0v) is 18.2. The molecule has 0 aliphatic rings. The molecule has 32 heavy (non-hydrogen) atoms. The van der Waals surface area contributed by atoms with E-state index in [9.17, 15) is 13.2 Å². The number of tetrazole rings is 1. The van der Waals surface area contributed by atoms with E-state index in [1.165, 1.54) is 18.2 Å². The zero-order chi connectivity index (χ0) is 22.7. The molecule has 0 radical (unpaired) electrons. The molecule has 3 aromatic carbocycles. The molecule has 0 saturated carbocycles. The van der Waals surface area contributed by atoms with Gasteiger partial charge in [0.2, 0.25) is 0 Å². The SMILES string of the molecule is Cc1ccc(NC(=O)c2cccc(NS(=O)(=O)c3ccccc3)c2)cc1-n1nnnc1C. The fourth-order valence-electron chi connectivity index (χ4n) is 3.11. The van der Waals surface area contributed by atoms with Crippen LogP contribution in [0.25, 0.3) is 5.69 Å². The number of nitrogens with zero attached hydrogens (tertiary/aromatic N) is 4. The highest BCUT2D eigenvalue weighted by atomic mass is 32.2. The van der Waals surface area contributed by atoms with Crippen molar-refractivity contribution in [2.45, 2.75) is 18.7 Å². The molecular weight excluding hydrogens is 428 g/mol. The molecule has 2 N–H and O–H groups in total. The first-order chi connectivity index (χ1) is 15.3. The van der Waals surface area contributed by atoms with E-state index in [0.29, 0.717) is 17.1 Å². The van der Waals surface area contributed by atoms with Crippen LogP contribution in [-0.4, -0.2) is 34.5 Å². The molecule has 4 aromatic rings. The number of nitrogens with one attached hydrogen (secondary N) is 2. The van der Waals surface area contributed by atoms with Crippen molar-refractivity contribution >= 4 is 27.3 Å². The summed E-state index contributed by atoms with van der Waals surface area (Å²) in [6.45, 7) is 3.71. The third-order valence-corrected chi connectivity index (χ3v) is 6.15. The maximum Gasteiger partial charge on any atom is 0.261 e. The van der Waals surface area contributed by atoms with Crippen LogP contribution in [0, 0.1) is 13.8 Å². The Morgan fingerprint density at radius 2 is 1.69 bits per heavy atom. The van der Waals surface area contributed by atoms with Crippen LogP contribution < -0.4 is 10.0 Å². The molecule has 1 heterocycles. The highest BCUT2D eigenvalue weighted by Gasteiger charge is 2.15. The van der Waals surface area contributed by atoms with E-state index in [2.05, 4.69) is 25.6 Å². The molecule has 0 unspecified atom stereocenters. The maximum absolute atomic E-state index is 12.8. The van der Waals surface area contributed by atoms with Crippen molar-refractivity contribution in [1.82, 2.24) is 20.2 Å². The van der Waals surface area contributed by atoms with Gasteiger partial charge >= 0.3 is 0 Å². The number of carbonyl (C=O) groups is 1. The van der Waals surface area contributed by atoms with Gasteiger partial charge in [-0.1, -0.05) is 30.3 Å². The van der Waals surface area contributed by atoms with E-state index >= 15 is 0 Å². The summed E-state index contributed by atoms with van der Waals surface area (Å²) in [7, 11) is -3.76. The fraction of sp³-hybridized carbons (Fsp3) is 0.0909. The molecule has 0 atom stereocenters. The highest BCUT2D eigenvalue weighted by molar-refractivity contribution is 7.92. The number of rotatable bonds is 6. The van der Waals surface area contributed by atoms with Gasteiger partial charge in [-0.3, -0.25) is 9.52 Å². The molecule has 0 fully saturated rings. The second-order valence-corrected chi connectivity index (χ2v) is 8.78. The number of amides is 1. The minimum Gasteiger partial charge on any atom is -0.322 e. The maximum atomic E-state index is 12.8. The number of hydrogen-bond donors (Lipinski definition) is 2. The first-order valence-corrected chi connectivity index (χ1v) is 11.2. The molecule has 0 spiro atoms. The highest BCUT2D eigenvalue weighted by Crippen LogP contribution is 2.21. The smallest absolute Gasteiger partial charge is 0.261 e. The third kappa shape index (κ3) is 4.49. The van der Waals surface area contributed by atoms with Crippen LogP contribution in [0.15, 0.2) is 77.7 Å². The average Bonchev–Trinajstić information content (AvgIpc) is 3.21. The molecule has 4 rings (SSSR count). The Labute approximate surface area is 185 Å². The predicted molar refractivity (Wildman–Crippen MR) is 120 cm³/mol. The minimum atomic E-state index is -3.76. The molecule has 1 amide bonds. The summed E-state index contributed by atoms with van der Waals surface area (Å²) in [6, 6.07) is 19.7. The van der Waals surface area contributed by atoms with Crippen molar-refractivity contribution in [3.63, 3.8) is 0 Å². The van der Waals surface area contributed by atoms with Gasteiger partial charge in [0, 0.05) is 16.9 Å². The number of anilines is 2. The topological polar surface area (TPSA) is 119 Å². The normalized spacial score (nSPS) is 11.2. The number of aromatic nitrogens is 4. The van der Waals surface area contributed by atoms with Gasteiger partial charge in [0.05, 0.1) is 10.6 Å². The first kappa shape index (κ1) is 21.2. The van der Waals surface area contributed by atoms with E-state index in [1.54, 1.807) is 60.1 Å². The number of aryl methyl sites for hydroxylation is 2. The average molecular weight is 449 g/mol. The van der Waals surface area contributed by atoms with Crippen molar-refractivity contribution in [1.29, 1.82) is 0 Å². The van der Waals surface area contributed by atoms with Crippen LogP contribution in [0.5, 0.6) is 0 Å². The molecule has 9 nitrogen and oxygen atoms in total.